The molecule has 11 heteroatoms. The molecule has 1 aromatic heterocycles. The van der Waals surface area contributed by atoms with Crippen LogP contribution < -0.4 is 10.1 Å². The fraction of sp³-hybridized carbons (Fsp3) is 0.474. The molecule has 2 aliphatic rings. The van der Waals surface area contributed by atoms with Crippen LogP contribution in [0.15, 0.2) is 23.1 Å². The van der Waals surface area contributed by atoms with E-state index in [1.54, 1.807) is 17.7 Å². The lowest BCUT2D eigenvalue weighted by atomic mass is 10.1. The summed E-state index contributed by atoms with van der Waals surface area (Å²) in [6, 6.07) is 3.93. The summed E-state index contributed by atoms with van der Waals surface area (Å²) in [5, 5.41) is 21.1. The number of aromatic nitrogens is 2. The van der Waals surface area contributed by atoms with Gasteiger partial charge in [-0.05, 0) is 51.4 Å². The summed E-state index contributed by atoms with van der Waals surface area (Å²) < 4.78 is 24.3. The lowest BCUT2D eigenvalue weighted by Gasteiger charge is -2.32. The molecule has 4 rings (SSSR count). The zero-order valence-electron chi connectivity index (χ0n) is 16.7. The highest BCUT2D eigenvalue weighted by Crippen LogP contribution is 2.51. The van der Waals surface area contributed by atoms with Gasteiger partial charge < -0.3 is 19.5 Å². The van der Waals surface area contributed by atoms with Gasteiger partial charge in [0.2, 0.25) is 0 Å². The third kappa shape index (κ3) is 4.22. The van der Waals surface area contributed by atoms with E-state index in [-0.39, 0.29) is 16.9 Å². The molecule has 30 heavy (non-hydrogen) atoms. The molecule has 0 saturated carbocycles. The van der Waals surface area contributed by atoms with Crippen LogP contribution in [0.2, 0.25) is 0 Å². The van der Waals surface area contributed by atoms with E-state index in [0.29, 0.717) is 24.2 Å². The van der Waals surface area contributed by atoms with Gasteiger partial charge in [-0.1, -0.05) is 17.7 Å². The first kappa shape index (κ1) is 21.6. The molecule has 9 nitrogen and oxygen atoms in total. The molecule has 2 aliphatic heterocycles. The van der Waals surface area contributed by atoms with Gasteiger partial charge in [-0.15, -0.1) is 0 Å². The Morgan fingerprint density at radius 1 is 1.27 bits per heavy atom. The first-order valence-corrected chi connectivity index (χ1v) is 11.0. The maximum Gasteiger partial charge on any atom is 0.402 e. The van der Waals surface area contributed by atoms with Crippen molar-refractivity contribution in [3.63, 3.8) is 0 Å². The van der Waals surface area contributed by atoms with Crippen molar-refractivity contribution in [2.45, 2.75) is 58.5 Å². The van der Waals surface area contributed by atoms with E-state index in [2.05, 4.69) is 4.98 Å². The van der Waals surface area contributed by atoms with Gasteiger partial charge in [0.05, 0.1) is 6.61 Å². The number of aromatic amines is 1. The van der Waals surface area contributed by atoms with Gasteiger partial charge in [0, 0.05) is 17.3 Å². The Morgan fingerprint density at radius 2 is 2.03 bits per heavy atom. The van der Waals surface area contributed by atoms with Crippen LogP contribution in [0.25, 0.3) is 0 Å². The van der Waals surface area contributed by atoms with Crippen molar-refractivity contribution >= 4 is 20.8 Å². The zero-order valence-corrected chi connectivity index (χ0v) is 18.5. The van der Waals surface area contributed by atoms with E-state index in [9.17, 15) is 15.0 Å². The molecule has 0 radical (unpaired) electrons. The normalized spacial score (nSPS) is 23.8. The quantitative estimate of drug-likeness (QED) is 0.367. The zero-order chi connectivity index (χ0) is 21.6. The highest BCUT2D eigenvalue weighted by molar-refractivity contribution is 7.71. The largest absolute Gasteiger partial charge is 0.426 e. The van der Waals surface area contributed by atoms with E-state index in [0.717, 1.165) is 16.7 Å². The van der Waals surface area contributed by atoms with E-state index in [1.807, 2.05) is 26.0 Å². The standard InChI is InChI=1S/C19H23N2O7PS/c1-10-6-11(2)16-13(7-10)9-25-29(27-16)28-19(23,24)14-4-5-15(26-14)21-8-12(3)17(22)20-18(21)30/h6-8,14-15,23-24H,4-5,9H2,1-3H3,(H,20,22,30). The molecule has 1 fully saturated rings. The molecule has 3 unspecified atom stereocenters. The van der Waals surface area contributed by atoms with E-state index >= 15 is 0 Å². The van der Waals surface area contributed by atoms with E-state index in [4.69, 9.17) is 30.5 Å². The molecule has 2 aromatic rings. The first-order chi connectivity index (χ1) is 14.1. The van der Waals surface area contributed by atoms with Crippen LogP contribution in [0.5, 0.6) is 5.75 Å². The molecule has 0 amide bonds. The lowest BCUT2D eigenvalue weighted by Crippen LogP contribution is -2.44. The number of aryl methyl sites for hydroxylation is 3. The monoisotopic (exact) mass is 454 g/mol. The average Bonchev–Trinajstić information content (AvgIpc) is 3.16. The Kier molecular flexibility index (Phi) is 5.84. The number of H-pyrrole nitrogens is 1. The van der Waals surface area contributed by atoms with Gasteiger partial charge in [0.15, 0.2) is 4.77 Å². The summed E-state index contributed by atoms with van der Waals surface area (Å²) in [6.07, 6.45) is 0.733. The minimum atomic E-state index is -2.62. The van der Waals surface area contributed by atoms with Gasteiger partial charge in [-0.2, -0.15) is 0 Å². The number of aliphatic hydroxyl groups is 2. The van der Waals surface area contributed by atoms with Gasteiger partial charge in [0.1, 0.15) is 18.1 Å². The third-order valence-corrected chi connectivity index (χ3v) is 6.47. The molecule has 0 spiro atoms. The van der Waals surface area contributed by atoms with E-state index in [1.165, 1.54) is 0 Å². The molecule has 1 aromatic carbocycles. The Morgan fingerprint density at radius 3 is 2.80 bits per heavy atom. The average molecular weight is 454 g/mol. The fourth-order valence-electron chi connectivity index (χ4n) is 3.62. The lowest BCUT2D eigenvalue weighted by molar-refractivity contribution is -0.346. The molecule has 3 atom stereocenters. The van der Waals surface area contributed by atoms with Crippen molar-refractivity contribution in [1.82, 2.24) is 9.55 Å². The van der Waals surface area contributed by atoms with Crippen molar-refractivity contribution in [2.24, 2.45) is 0 Å². The predicted octanol–water partition coefficient (Wildman–Crippen LogP) is 3.00. The van der Waals surface area contributed by atoms with Crippen LogP contribution >= 0.6 is 20.8 Å². The van der Waals surface area contributed by atoms with Gasteiger partial charge in [-0.3, -0.25) is 18.9 Å². The number of nitrogens with one attached hydrogen (secondary N) is 1. The molecule has 1 saturated heterocycles. The number of benzene rings is 1. The van der Waals surface area contributed by atoms with Gasteiger partial charge in [0.25, 0.3) is 5.56 Å². The van der Waals surface area contributed by atoms with Crippen molar-refractivity contribution < 1.29 is 28.5 Å². The summed E-state index contributed by atoms with van der Waals surface area (Å²) in [5.41, 5.74) is 3.10. The first-order valence-electron chi connectivity index (χ1n) is 9.46. The number of hydrogen-bond donors (Lipinski definition) is 3. The summed E-state index contributed by atoms with van der Waals surface area (Å²) in [6.45, 7) is 5.80. The Balaban J connectivity index is 1.45. The van der Waals surface area contributed by atoms with Crippen LogP contribution in [-0.2, 0) is 20.4 Å². The van der Waals surface area contributed by atoms with Crippen LogP contribution in [-0.4, -0.2) is 31.8 Å². The van der Waals surface area contributed by atoms with Crippen molar-refractivity contribution in [3.05, 3.63) is 55.7 Å². The molecular formula is C19H23N2O7PS. The Bertz CT molecular complexity index is 1080. The SMILES string of the molecule is Cc1cc(C)c2c(c1)COP(OC(O)(O)C1CCC(n3cc(C)c(=O)[nH]c3=S)O1)O2. The second kappa shape index (κ2) is 8.12. The Labute approximate surface area is 179 Å². The summed E-state index contributed by atoms with van der Waals surface area (Å²) in [5.74, 6) is -1.98. The second-order valence-corrected chi connectivity index (χ2v) is 9.00. The predicted molar refractivity (Wildman–Crippen MR) is 110 cm³/mol. The highest BCUT2D eigenvalue weighted by Gasteiger charge is 2.47. The molecule has 162 valence electrons. The Hall–Kier alpha value is -1.65. The molecule has 3 heterocycles. The van der Waals surface area contributed by atoms with Crippen molar-refractivity contribution in [3.8, 4) is 5.75 Å². The molecule has 0 bridgehead atoms. The van der Waals surface area contributed by atoms with Gasteiger partial charge >= 0.3 is 14.6 Å². The minimum absolute atomic E-state index is 0.198. The maximum absolute atomic E-state index is 11.7. The van der Waals surface area contributed by atoms with Crippen LogP contribution in [0.4, 0.5) is 0 Å². The molecular weight excluding hydrogens is 431 g/mol. The number of ether oxygens (including phenoxy) is 1. The van der Waals surface area contributed by atoms with Crippen LogP contribution in [0.1, 0.15) is 41.3 Å². The van der Waals surface area contributed by atoms with Crippen LogP contribution in [0, 0.1) is 25.5 Å². The molecule has 3 N–H and O–H groups in total. The van der Waals surface area contributed by atoms with Crippen molar-refractivity contribution in [1.29, 1.82) is 0 Å². The minimum Gasteiger partial charge on any atom is -0.426 e. The third-order valence-electron chi connectivity index (χ3n) is 5.07. The highest BCUT2D eigenvalue weighted by atomic mass is 32.1. The maximum atomic E-state index is 11.7. The van der Waals surface area contributed by atoms with E-state index < -0.39 is 26.9 Å². The topological polar surface area (TPSA) is 115 Å². The number of rotatable bonds is 4. The summed E-state index contributed by atoms with van der Waals surface area (Å²) in [4.78, 5) is 14.3. The smallest absolute Gasteiger partial charge is 0.402 e. The number of hydrogen-bond acceptors (Lipinski definition) is 8. The summed E-state index contributed by atoms with van der Waals surface area (Å²) >= 11 is 5.19. The second-order valence-electron chi connectivity index (χ2n) is 7.54. The van der Waals surface area contributed by atoms with Crippen molar-refractivity contribution in [2.75, 3.05) is 0 Å². The molecule has 0 aliphatic carbocycles. The number of nitrogens with zero attached hydrogens (tertiary/aromatic N) is 1. The fourth-order valence-corrected chi connectivity index (χ4v) is 5.02. The number of fused-ring (bicyclic) bond motifs is 1. The van der Waals surface area contributed by atoms with Gasteiger partial charge in [-0.25, -0.2) is 4.52 Å². The van der Waals surface area contributed by atoms with Crippen LogP contribution in [0.3, 0.4) is 0 Å². The summed E-state index contributed by atoms with van der Waals surface area (Å²) in [7, 11) is -2.03.